The number of aryl methyl sites for hydroxylation is 1. The van der Waals surface area contributed by atoms with E-state index in [-0.39, 0.29) is 23.0 Å². The molecule has 0 aliphatic heterocycles. The maximum Gasteiger partial charge on any atom is 0.271 e. The number of hydrogen-bond acceptors (Lipinski definition) is 4. The Morgan fingerprint density at radius 1 is 1.35 bits per heavy atom. The van der Waals surface area contributed by atoms with Crippen molar-refractivity contribution < 1.29 is 13.3 Å². The van der Waals surface area contributed by atoms with Gasteiger partial charge in [-0.25, -0.2) is 13.1 Å². The van der Waals surface area contributed by atoms with Crippen molar-refractivity contribution in [2.45, 2.75) is 18.7 Å². The topological polar surface area (TPSA) is 89.3 Å². The maximum absolute atomic E-state index is 12.1. The molecule has 0 heterocycles. The van der Waals surface area contributed by atoms with Gasteiger partial charge < -0.3 is 0 Å². The summed E-state index contributed by atoms with van der Waals surface area (Å²) in [6.45, 7) is 3.33. The monoisotopic (exact) mass is 318 g/mol. The van der Waals surface area contributed by atoms with E-state index in [9.17, 15) is 18.5 Å². The van der Waals surface area contributed by atoms with Gasteiger partial charge in [0.2, 0.25) is 10.0 Å². The van der Waals surface area contributed by atoms with Crippen LogP contribution in [0.25, 0.3) is 0 Å². The van der Waals surface area contributed by atoms with Crippen molar-refractivity contribution >= 4 is 27.3 Å². The normalized spacial score (nSPS) is 11.9. The molecule has 1 aromatic carbocycles. The molecule has 0 aliphatic carbocycles. The summed E-state index contributed by atoms with van der Waals surface area (Å²) in [7, 11) is -3.80. The minimum absolute atomic E-state index is 0.0796. The van der Waals surface area contributed by atoms with Gasteiger partial charge in [-0.2, -0.15) is 0 Å². The van der Waals surface area contributed by atoms with E-state index in [1.165, 1.54) is 6.07 Å². The van der Waals surface area contributed by atoms with E-state index in [0.717, 1.165) is 6.07 Å². The maximum atomic E-state index is 12.1. The van der Waals surface area contributed by atoms with Gasteiger partial charge in [0, 0.05) is 24.6 Å². The van der Waals surface area contributed by atoms with Crippen LogP contribution in [0.3, 0.4) is 0 Å². The van der Waals surface area contributed by atoms with Gasteiger partial charge in [-0.15, -0.1) is 11.6 Å². The number of halogens is 1. The molecule has 0 amide bonds. The number of alkyl halides is 1. The SMILES string of the molecule is Cc1cc([N+](=O)[O-])cc(S(=O)(=O)NC/C=C/CCl)c1C. The summed E-state index contributed by atoms with van der Waals surface area (Å²) in [5.74, 6) is 0.288. The van der Waals surface area contributed by atoms with Crippen molar-refractivity contribution in [1.29, 1.82) is 0 Å². The number of non-ortho nitro benzene ring substituents is 1. The van der Waals surface area contributed by atoms with E-state index in [0.29, 0.717) is 11.1 Å². The smallest absolute Gasteiger partial charge is 0.258 e. The van der Waals surface area contributed by atoms with Gasteiger partial charge in [-0.1, -0.05) is 12.2 Å². The van der Waals surface area contributed by atoms with Crippen molar-refractivity contribution in [3.05, 3.63) is 45.5 Å². The summed E-state index contributed by atoms with van der Waals surface area (Å²) in [5.41, 5.74) is 0.796. The van der Waals surface area contributed by atoms with Crippen LogP contribution in [0.5, 0.6) is 0 Å². The Morgan fingerprint density at radius 2 is 2.00 bits per heavy atom. The molecule has 0 radical (unpaired) electrons. The number of sulfonamides is 1. The first kappa shape index (κ1) is 16.6. The lowest BCUT2D eigenvalue weighted by Crippen LogP contribution is -2.25. The van der Waals surface area contributed by atoms with Crippen LogP contribution in [0.2, 0.25) is 0 Å². The minimum Gasteiger partial charge on any atom is -0.258 e. The Morgan fingerprint density at radius 3 is 2.55 bits per heavy atom. The third kappa shape index (κ3) is 4.03. The van der Waals surface area contributed by atoms with E-state index in [1.807, 2.05) is 0 Å². The number of nitrogens with zero attached hydrogens (tertiary/aromatic N) is 1. The number of nitro groups is 1. The standard InChI is InChI=1S/C12H15ClN2O4S/c1-9-7-11(15(16)17)8-12(10(9)2)20(18,19)14-6-4-3-5-13/h3-4,7-8,14H,5-6H2,1-2H3/b4-3+. The summed E-state index contributed by atoms with van der Waals surface area (Å²) in [6, 6.07) is 2.41. The van der Waals surface area contributed by atoms with Crippen LogP contribution in [0, 0.1) is 24.0 Å². The number of hydrogen-bond donors (Lipinski definition) is 1. The van der Waals surface area contributed by atoms with E-state index in [4.69, 9.17) is 11.6 Å². The summed E-state index contributed by atoms with van der Waals surface area (Å²) < 4.78 is 26.6. The molecule has 20 heavy (non-hydrogen) atoms. The molecule has 1 aromatic rings. The lowest BCUT2D eigenvalue weighted by Gasteiger charge is -2.10. The fourth-order valence-corrected chi connectivity index (χ4v) is 3.01. The largest absolute Gasteiger partial charge is 0.271 e. The number of allylic oxidation sites excluding steroid dienone is 1. The fourth-order valence-electron chi connectivity index (χ4n) is 1.58. The Kier molecular flexibility index (Phi) is 5.67. The predicted octanol–water partition coefficient (Wildman–Crippen LogP) is 2.28. The van der Waals surface area contributed by atoms with Gasteiger partial charge in [0.25, 0.3) is 5.69 Å². The van der Waals surface area contributed by atoms with Crippen molar-refractivity contribution in [2.24, 2.45) is 0 Å². The first-order valence-corrected chi connectivity index (χ1v) is 7.77. The molecule has 0 saturated heterocycles. The van der Waals surface area contributed by atoms with Crippen LogP contribution in [-0.2, 0) is 10.0 Å². The molecule has 0 aromatic heterocycles. The molecule has 8 heteroatoms. The Bertz CT molecular complexity index is 641. The zero-order valence-electron chi connectivity index (χ0n) is 11.1. The highest BCUT2D eigenvalue weighted by Crippen LogP contribution is 2.25. The molecule has 6 nitrogen and oxygen atoms in total. The molecule has 0 aliphatic rings. The average molecular weight is 319 g/mol. The molecule has 0 spiro atoms. The Balaban J connectivity index is 3.17. The summed E-state index contributed by atoms with van der Waals surface area (Å²) in [5, 5.41) is 10.8. The average Bonchev–Trinajstić information content (AvgIpc) is 2.37. The van der Waals surface area contributed by atoms with Gasteiger partial charge in [0.15, 0.2) is 0 Å². The molecular weight excluding hydrogens is 304 g/mol. The molecular formula is C12H15ClN2O4S. The number of nitro benzene ring substituents is 1. The van der Waals surface area contributed by atoms with Crippen molar-refractivity contribution in [3.8, 4) is 0 Å². The van der Waals surface area contributed by atoms with Crippen molar-refractivity contribution in [3.63, 3.8) is 0 Å². The van der Waals surface area contributed by atoms with Gasteiger partial charge in [-0.05, 0) is 25.0 Å². The van der Waals surface area contributed by atoms with Gasteiger partial charge in [0.05, 0.1) is 9.82 Å². The fraction of sp³-hybridized carbons (Fsp3) is 0.333. The quantitative estimate of drug-likeness (QED) is 0.377. The summed E-state index contributed by atoms with van der Waals surface area (Å²) in [4.78, 5) is 10.1. The lowest BCUT2D eigenvalue weighted by molar-refractivity contribution is -0.385. The summed E-state index contributed by atoms with van der Waals surface area (Å²) >= 11 is 5.43. The molecule has 1 rings (SSSR count). The van der Waals surface area contributed by atoms with Crippen LogP contribution in [0.1, 0.15) is 11.1 Å². The van der Waals surface area contributed by atoms with E-state index >= 15 is 0 Å². The first-order valence-electron chi connectivity index (χ1n) is 5.76. The van der Waals surface area contributed by atoms with Crippen LogP contribution < -0.4 is 4.72 Å². The molecule has 0 atom stereocenters. The first-order chi connectivity index (χ1) is 9.29. The molecule has 0 fully saturated rings. The highest BCUT2D eigenvalue weighted by atomic mass is 35.5. The Hall–Kier alpha value is -1.44. The van der Waals surface area contributed by atoms with Crippen molar-refractivity contribution in [2.75, 3.05) is 12.4 Å². The minimum atomic E-state index is -3.80. The second-order valence-corrected chi connectivity index (χ2v) is 6.16. The zero-order chi connectivity index (χ0) is 15.3. The molecule has 0 bridgehead atoms. The van der Waals surface area contributed by atoms with E-state index in [1.54, 1.807) is 26.0 Å². The number of nitrogens with one attached hydrogen (secondary N) is 1. The van der Waals surface area contributed by atoms with Gasteiger partial charge in [0.1, 0.15) is 0 Å². The highest BCUT2D eigenvalue weighted by molar-refractivity contribution is 7.89. The van der Waals surface area contributed by atoms with Crippen molar-refractivity contribution in [1.82, 2.24) is 4.72 Å². The zero-order valence-corrected chi connectivity index (χ0v) is 12.7. The van der Waals surface area contributed by atoms with E-state index < -0.39 is 14.9 Å². The number of benzene rings is 1. The number of rotatable bonds is 6. The highest BCUT2D eigenvalue weighted by Gasteiger charge is 2.21. The molecule has 0 unspecified atom stereocenters. The van der Waals surface area contributed by atoms with Crippen LogP contribution in [-0.4, -0.2) is 25.8 Å². The Labute approximate surface area is 122 Å². The van der Waals surface area contributed by atoms with E-state index in [2.05, 4.69) is 4.72 Å². The molecule has 1 N–H and O–H groups in total. The van der Waals surface area contributed by atoms with Crippen LogP contribution in [0.4, 0.5) is 5.69 Å². The third-order valence-corrected chi connectivity index (χ3v) is 4.48. The molecule has 110 valence electrons. The second kappa shape index (κ2) is 6.83. The lowest BCUT2D eigenvalue weighted by atomic mass is 10.1. The van der Waals surface area contributed by atoms with Crippen LogP contribution >= 0.6 is 11.6 Å². The van der Waals surface area contributed by atoms with Gasteiger partial charge in [-0.3, -0.25) is 10.1 Å². The predicted molar refractivity (Wildman–Crippen MR) is 77.6 cm³/mol. The van der Waals surface area contributed by atoms with Crippen LogP contribution in [0.15, 0.2) is 29.2 Å². The van der Waals surface area contributed by atoms with Gasteiger partial charge >= 0.3 is 0 Å². The second-order valence-electron chi connectivity index (χ2n) is 4.12. The third-order valence-electron chi connectivity index (χ3n) is 2.75. The summed E-state index contributed by atoms with van der Waals surface area (Å²) in [6.07, 6.45) is 3.18. The molecule has 0 saturated carbocycles.